The van der Waals surface area contributed by atoms with Crippen LogP contribution in [0.3, 0.4) is 0 Å². The van der Waals surface area contributed by atoms with E-state index in [1.165, 1.54) is 17.0 Å². The molecule has 4 rings (SSSR count). The molecule has 7 nitrogen and oxygen atoms in total. The third kappa shape index (κ3) is 8.66. The molecule has 0 unspecified atom stereocenters. The fraction of sp³-hybridized carbons (Fsp3) is 0.257. The van der Waals surface area contributed by atoms with Crippen molar-refractivity contribution in [3.63, 3.8) is 0 Å². The summed E-state index contributed by atoms with van der Waals surface area (Å²) in [6.07, 6.45) is 0.209. The molecule has 0 heterocycles. The number of hydrogen-bond acceptors (Lipinski definition) is 4. The summed E-state index contributed by atoms with van der Waals surface area (Å²) in [6, 6.07) is 26.6. The maximum absolute atomic E-state index is 14.5. The number of rotatable bonds is 12. The van der Waals surface area contributed by atoms with Crippen LogP contribution in [0.1, 0.15) is 36.1 Å². The number of carbonyl (C=O) groups excluding carboxylic acids is 2. The van der Waals surface area contributed by atoms with E-state index in [1.807, 2.05) is 51.1 Å². The van der Waals surface area contributed by atoms with Gasteiger partial charge in [-0.2, -0.15) is 0 Å². The lowest BCUT2D eigenvalue weighted by Gasteiger charge is -2.34. The predicted molar refractivity (Wildman–Crippen MR) is 181 cm³/mol. The molecule has 0 spiro atoms. The Morgan fingerprint density at radius 3 is 2.11 bits per heavy atom. The topological polar surface area (TPSA) is 86.8 Å². The van der Waals surface area contributed by atoms with Crippen LogP contribution in [-0.4, -0.2) is 43.8 Å². The second-order valence-corrected chi connectivity index (χ2v) is 13.9. The van der Waals surface area contributed by atoms with E-state index in [4.69, 9.17) is 23.2 Å². The highest BCUT2D eigenvalue weighted by Crippen LogP contribution is 2.30. The van der Waals surface area contributed by atoms with E-state index >= 15 is 0 Å². The Labute approximate surface area is 275 Å². The number of nitrogens with one attached hydrogen (secondary N) is 1. The first-order valence-corrected chi connectivity index (χ1v) is 16.8. The first-order chi connectivity index (χ1) is 21.4. The Balaban J connectivity index is 1.84. The van der Waals surface area contributed by atoms with Crippen molar-refractivity contribution in [3.05, 3.63) is 129 Å². The van der Waals surface area contributed by atoms with Crippen molar-refractivity contribution >= 4 is 50.7 Å². The number of benzene rings is 4. The average molecular weight is 667 g/mol. The Kier molecular flexibility index (Phi) is 11.3. The molecule has 0 radical (unpaired) electrons. The molecule has 0 aliphatic heterocycles. The van der Waals surface area contributed by atoms with Crippen molar-refractivity contribution in [1.29, 1.82) is 0 Å². The number of halogens is 2. The van der Waals surface area contributed by atoms with Crippen molar-refractivity contribution in [1.82, 2.24) is 10.2 Å². The highest BCUT2D eigenvalue weighted by molar-refractivity contribution is 7.92. The summed E-state index contributed by atoms with van der Waals surface area (Å²) in [7, 11) is -4.22. The molecule has 236 valence electrons. The first kappa shape index (κ1) is 34.0. The van der Waals surface area contributed by atoms with E-state index in [0.29, 0.717) is 26.9 Å². The molecular weight excluding hydrogens is 629 g/mol. The van der Waals surface area contributed by atoms with Crippen LogP contribution in [0.5, 0.6) is 0 Å². The van der Waals surface area contributed by atoms with Gasteiger partial charge in [-0.15, -0.1) is 0 Å². The fourth-order valence-electron chi connectivity index (χ4n) is 4.99. The second-order valence-electron chi connectivity index (χ2n) is 11.2. The molecule has 1 N–H and O–H groups in total. The van der Waals surface area contributed by atoms with Gasteiger partial charge in [0, 0.05) is 29.1 Å². The number of carbonyl (C=O) groups is 2. The number of amides is 2. The zero-order valence-corrected chi connectivity index (χ0v) is 28.0. The van der Waals surface area contributed by atoms with Crippen molar-refractivity contribution in [3.8, 4) is 0 Å². The van der Waals surface area contributed by atoms with Crippen LogP contribution < -0.4 is 9.62 Å². The van der Waals surface area contributed by atoms with Crippen LogP contribution in [0.2, 0.25) is 10.0 Å². The largest absolute Gasteiger partial charge is 0.352 e. The van der Waals surface area contributed by atoms with Crippen LogP contribution in [0.4, 0.5) is 5.69 Å². The third-order valence-corrected chi connectivity index (χ3v) is 9.69. The molecule has 2 amide bonds. The van der Waals surface area contributed by atoms with E-state index in [2.05, 4.69) is 5.32 Å². The van der Waals surface area contributed by atoms with Crippen LogP contribution in [0.15, 0.2) is 102 Å². The fourth-order valence-corrected chi connectivity index (χ4v) is 6.90. The lowest BCUT2D eigenvalue weighted by atomic mass is 10.0. The van der Waals surface area contributed by atoms with Gasteiger partial charge in [0.05, 0.1) is 10.6 Å². The lowest BCUT2D eigenvalue weighted by molar-refractivity contribution is -0.140. The molecule has 1 atom stereocenters. The number of nitrogens with zero attached hydrogens (tertiary/aromatic N) is 2. The second kappa shape index (κ2) is 15.0. The maximum atomic E-state index is 14.5. The molecule has 10 heteroatoms. The van der Waals surface area contributed by atoms with Gasteiger partial charge in [0.2, 0.25) is 11.8 Å². The molecule has 4 aromatic carbocycles. The smallest absolute Gasteiger partial charge is 0.264 e. The van der Waals surface area contributed by atoms with Gasteiger partial charge in [-0.1, -0.05) is 89.4 Å². The van der Waals surface area contributed by atoms with Gasteiger partial charge in [0.15, 0.2) is 0 Å². The maximum Gasteiger partial charge on any atom is 0.264 e. The van der Waals surface area contributed by atoms with Crippen LogP contribution in [0.25, 0.3) is 0 Å². The monoisotopic (exact) mass is 665 g/mol. The summed E-state index contributed by atoms with van der Waals surface area (Å²) >= 11 is 12.8. The van der Waals surface area contributed by atoms with E-state index in [0.717, 1.165) is 15.4 Å². The molecule has 45 heavy (non-hydrogen) atoms. The molecule has 0 saturated heterocycles. The minimum absolute atomic E-state index is 0.0143. The van der Waals surface area contributed by atoms with Gasteiger partial charge in [0.25, 0.3) is 10.0 Å². The minimum atomic E-state index is -4.22. The Morgan fingerprint density at radius 2 is 1.49 bits per heavy atom. The van der Waals surface area contributed by atoms with E-state index in [-0.39, 0.29) is 29.8 Å². The SMILES string of the molecule is Cc1ccc(S(=O)(=O)N(CC(=O)N(Cc2ccccc2Cl)[C@H](Cc2ccccc2)C(=O)NC(C)C)c2ccc(Cl)cc2C)cc1. The number of aryl methyl sites for hydroxylation is 2. The van der Waals surface area contributed by atoms with E-state index < -0.39 is 28.5 Å². The first-order valence-electron chi connectivity index (χ1n) is 14.6. The molecule has 0 saturated carbocycles. The standard InChI is InChI=1S/C35H37Cl2N3O4S/c1-24(2)38-35(42)33(21-27-10-6-5-7-11-27)39(22-28-12-8-9-13-31(28)37)34(41)23-40(32-19-16-29(36)20-26(32)4)45(43,44)30-17-14-25(3)15-18-30/h5-20,24,33H,21-23H2,1-4H3,(H,38,42)/t33-/m1/s1. The van der Waals surface area contributed by atoms with Crippen molar-refractivity contribution in [2.24, 2.45) is 0 Å². The van der Waals surface area contributed by atoms with Crippen molar-refractivity contribution < 1.29 is 18.0 Å². The lowest BCUT2D eigenvalue weighted by Crippen LogP contribution is -2.54. The summed E-state index contributed by atoms with van der Waals surface area (Å²) < 4.78 is 29.5. The molecular formula is C35H37Cl2N3O4S. The molecule has 0 aliphatic rings. The molecule has 0 fully saturated rings. The summed E-state index contributed by atoms with van der Waals surface area (Å²) in [5.74, 6) is -0.926. The zero-order chi connectivity index (χ0) is 32.7. The molecule has 0 bridgehead atoms. The summed E-state index contributed by atoms with van der Waals surface area (Å²) in [5, 5.41) is 3.81. The van der Waals surface area contributed by atoms with E-state index in [9.17, 15) is 18.0 Å². The summed E-state index contributed by atoms with van der Waals surface area (Å²) in [6.45, 7) is 6.71. The van der Waals surface area contributed by atoms with Gasteiger partial charge < -0.3 is 10.2 Å². The van der Waals surface area contributed by atoms with E-state index in [1.54, 1.807) is 61.5 Å². The summed E-state index contributed by atoms with van der Waals surface area (Å²) in [4.78, 5) is 29.8. The molecule has 0 aromatic heterocycles. The quantitative estimate of drug-likeness (QED) is 0.177. The van der Waals surface area contributed by atoms with Crippen LogP contribution in [-0.2, 0) is 32.6 Å². The Bertz CT molecular complexity index is 1750. The van der Waals surface area contributed by atoms with Gasteiger partial charge >= 0.3 is 0 Å². The normalized spacial score (nSPS) is 12.1. The van der Waals surface area contributed by atoms with Crippen molar-refractivity contribution in [2.45, 2.75) is 57.6 Å². The van der Waals surface area contributed by atoms with Gasteiger partial charge in [-0.3, -0.25) is 13.9 Å². The Morgan fingerprint density at radius 1 is 0.844 bits per heavy atom. The highest BCUT2D eigenvalue weighted by Gasteiger charge is 2.35. The average Bonchev–Trinajstić information content (AvgIpc) is 2.99. The molecule has 0 aliphatic carbocycles. The third-order valence-electron chi connectivity index (χ3n) is 7.32. The summed E-state index contributed by atoms with van der Waals surface area (Å²) in [5.41, 5.74) is 3.24. The van der Waals surface area contributed by atoms with Gasteiger partial charge in [0.1, 0.15) is 12.6 Å². The van der Waals surface area contributed by atoms with Gasteiger partial charge in [-0.25, -0.2) is 8.42 Å². The van der Waals surface area contributed by atoms with Gasteiger partial charge in [-0.05, 0) is 80.8 Å². The van der Waals surface area contributed by atoms with Crippen molar-refractivity contribution in [2.75, 3.05) is 10.8 Å². The van der Waals surface area contributed by atoms with Crippen LogP contribution in [0, 0.1) is 13.8 Å². The number of sulfonamides is 1. The molecule has 4 aromatic rings. The van der Waals surface area contributed by atoms with Crippen LogP contribution >= 0.6 is 23.2 Å². The number of hydrogen-bond donors (Lipinski definition) is 1. The zero-order valence-electron chi connectivity index (χ0n) is 25.7. The highest BCUT2D eigenvalue weighted by atomic mass is 35.5. The minimum Gasteiger partial charge on any atom is -0.352 e. The number of anilines is 1. The Hall–Kier alpha value is -3.85. The predicted octanol–water partition coefficient (Wildman–Crippen LogP) is 6.97.